The van der Waals surface area contributed by atoms with E-state index < -0.39 is 5.97 Å². The molecule has 1 aromatic carbocycles. The molecule has 1 aliphatic rings. The maximum absolute atomic E-state index is 10.6. The van der Waals surface area contributed by atoms with Gasteiger partial charge in [0.05, 0.1) is 0 Å². The molecule has 0 radical (unpaired) electrons. The van der Waals surface area contributed by atoms with Crippen molar-refractivity contribution in [2.24, 2.45) is 5.73 Å². The number of aliphatic carboxylic acids is 1. The first-order valence-electron chi connectivity index (χ1n) is 7.42. The van der Waals surface area contributed by atoms with Crippen molar-refractivity contribution >= 4 is 17.6 Å². The number of piperidine rings is 1. The molecule has 0 aromatic heterocycles. The Morgan fingerprint density at radius 2 is 2.14 bits per heavy atom. The van der Waals surface area contributed by atoms with Gasteiger partial charge in [0, 0.05) is 17.5 Å². The predicted molar refractivity (Wildman–Crippen MR) is 84.7 cm³/mol. The number of likely N-dealkylation sites (tertiary alicyclic amines) is 1. The maximum atomic E-state index is 10.6. The van der Waals surface area contributed by atoms with Crippen molar-refractivity contribution in [1.82, 2.24) is 4.90 Å². The van der Waals surface area contributed by atoms with E-state index in [1.54, 1.807) is 0 Å². The van der Waals surface area contributed by atoms with E-state index in [1.165, 1.54) is 5.56 Å². The molecule has 0 amide bonds. The van der Waals surface area contributed by atoms with Gasteiger partial charge in [0.2, 0.25) is 0 Å². The molecule has 1 atom stereocenters. The number of rotatable bonds is 5. The van der Waals surface area contributed by atoms with Crippen molar-refractivity contribution in [2.75, 3.05) is 20.1 Å². The van der Waals surface area contributed by atoms with Crippen LogP contribution in [-0.4, -0.2) is 36.1 Å². The van der Waals surface area contributed by atoms with E-state index in [0.29, 0.717) is 12.3 Å². The van der Waals surface area contributed by atoms with Crippen LogP contribution < -0.4 is 5.73 Å². The number of hydrogen-bond acceptors (Lipinski definition) is 3. The van der Waals surface area contributed by atoms with E-state index in [9.17, 15) is 4.79 Å². The Morgan fingerprint density at radius 3 is 2.71 bits per heavy atom. The average molecular weight is 311 g/mol. The highest BCUT2D eigenvalue weighted by molar-refractivity contribution is 6.31. The number of nitrogens with zero attached hydrogens (tertiary/aromatic N) is 1. The second-order valence-electron chi connectivity index (χ2n) is 5.90. The third-order valence-corrected chi connectivity index (χ3v) is 4.61. The summed E-state index contributed by atoms with van der Waals surface area (Å²) < 4.78 is 0. The quantitative estimate of drug-likeness (QED) is 0.877. The van der Waals surface area contributed by atoms with Crippen LogP contribution in [0.25, 0.3) is 0 Å². The van der Waals surface area contributed by atoms with Crippen LogP contribution in [0.15, 0.2) is 18.2 Å². The van der Waals surface area contributed by atoms with Gasteiger partial charge in [-0.2, -0.15) is 0 Å². The molecule has 3 N–H and O–H groups in total. The first-order valence-corrected chi connectivity index (χ1v) is 7.80. The lowest BCUT2D eigenvalue weighted by Gasteiger charge is -2.30. The number of carbonyl (C=O) groups is 1. The first kappa shape index (κ1) is 16.3. The van der Waals surface area contributed by atoms with Gasteiger partial charge < -0.3 is 15.7 Å². The molecule has 1 aromatic rings. The van der Waals surface area contributed by atoms with Gasteiger partial charge in [0.1, 0.15) is 0 Å². The molecule has 2 rings (SSSR count). The van der Waals surface area contributed by atoms with Gasteiger partial charge >= 0.3 is 5.97 Å². The minimum atomic E-state index is -0.820. The molecule has 0 saturated carbocycles. The lowest BCUT2D eigenvalue weighted by atomic mass is 9.88. The Balaban J connectivity index is 2.05. The zero-order valence-electron chi connectivity index (χ0n) is 12.4. The summed E-state index contributed by atoms with van der Waals surface area (Å²) in [5.74, 6) is -0.308. The van der Waals surface area contributed by atoms with Crippen LogP contribution in [0.3, 0.4) is 0 Å². The Morgan fingerprint density at radius 1 is 1.48 bits per heavy atom. The van der Waals surface area contributed by atoms with Crippen molar-refractivity contribution in [2.45, 2.75) is 37.6 Å². The summed E-state index contributed by atoms with van der Waals surface area (Å²) in [5, 5.41) is 9.47. The van der Waals surface area contributed by atoms with Crippen LogP contribution >= 0.6 is 11.6 Å². The zero-order chi connectivity index (χ0) is 15.4. The molecule has 0 aliphatic carbocycles. The van der Waals surface area contributed by atoms with Crippen molar-refractivity contribution in [1.29, 1.82) is 0 Å². The minimum absolute atomic E-state index is 0.0789. The van der Waals surface area contributed by atoms with Crippen LogP contribution in [0.5, 0.6) is 0 Å². The normalized spacial score (nSPS) is 18.6. The Bertz CT molecular complexity index is 499. The van der Waals surface area contributed by atoms with E-state index >= 15 is 0 Å². The molecule has 1 fully saturated rings. The third kappa shape index (κ3) is 4.43. The largest absolute Gasteiger partial charge is 0.481 e. The Hall–Kier alpha value is -1.10. The van der Waals surface area contributed by atoms with Gasteiger partial charge in [-0.3, -0.25) is 4.79 Å². The second-order valence-corrected chi connectivity index (χ2v) is 6.30. The van der Waals surface area contributed by atoms with E-state index in [2.05, 4.69) is 18.0 Å². The number of carboxylic acids is 1. The predicted octanol–water partition coefficient (Wildman–Crippen LogP) is 3.01. The van der Waals surface area contributed by atoms with Crippen LogP contribution in [0, 0.1) is 0 Å². The van der Waals surface area contributed by atoms with Crippen LogP contribution in [0.2, 0.25) is 5.02 Å². The molecular formula is C16H23ClN2O2. The highest BCUT2D eigenvalue weighted by Gasteiger charge is 2.21. The fourth-order valence-corrected chi connectivity index (χ4v) is 3.21. The van der Waals surface area contributed by atoms with Crippen LogP contribution in [0.4, 0.5) is 0 Å². The Labute approximate surface area is 130 Å². The number of hydrogen-bond donors (Lipinski definition) is 2. The summed E-state index contributed by atoms with van der Waals surface area (Å²) in [6, 6.07) is 5.69. The van der Waals surface area contributed by atoms with Gasteiger partial charge in [-0.15, -0.1) is 0 Å². The molecule has 0 bridgehead atoms. The number of carboxylic acid groups (broad SMARTS) is 1. The number of nitrogens with two attached hydrogens (primary N) is 1. The third-order valence-electron chi connectivity index (χ3n) is 4.28. The van der Waals surface area contributed by atoms with Crippen molar-refractivity contribution in [3.05, 3.63) is 34.3 Å². The molecule has 5 heteroatoms. The summed E-state index contributed by atoms with van der Waals surface area (Å²) in [7, 11) is 2.14. The molecule has 1 aliphatic heterocycles. The fourth-order valence-electron chi connectivity index (χ4n) is 2.87. The van der Waals surface area contributed by atoms with Crippen LogP contribution in [-0.2, 0) is 4.79 Å². The highest BCUT2D eigenvalue weighted by Crippen LogP contribution is 2.34. The highest BCUT2D eigenvalue weighted by atomic mass is 35.5. The molecule has 21 heavy (non-hydrogen) atoms. The van der Waals surface area contributed by atoms with Crippen molar-refractivity contribution in [3.63, 3.8) is 0 Å². The lowest BCUT2D eigenvalue weighted by molar-refractivity contribution is -0.137. The van der Waals surface area contributed by atoms with Gasteiger partial charge in [0.15, 0.2) is 0 Å². The van der Waals surface area contributed by atoms with E-state index in [4.69, 9.17) is 22.4 Å². The summed E-state index contributed by atoms with van der Waals surface area (Å²) in [5.41, 5.74) is 8.14. The molecule has 0 spiro atoms. The Kier molecular flexibility index (Phi) is 5.62. The van der Waals surface area contributed by atoms with Crippen molar-refractivity contribution < 1.29 is 9.90 Å². The molecular weight excluding hydrogens is 288 g/mol. The standard InChI is InChI=1S/C16H23ClN2O2/c1-19-8-6-11(7-9-19)13-3-2-12(10-14(13)17)15(18)4-5-16(20)21/h2-3,10-11,15H,4-9,18H2,1H3,(H,20,21). The smallest absolute Gasteiger partial charge is 0.303 e. The summed E-state index contributed by atoms with van der Waals surface area (Å²) in [4.78, 5) is 12.9. The van der Waals surface area contributed by atoms with E-state index in [0.717, 1.165) is 36.5 Å². The average Bonchev–Trinajstić information content (AvgIpc) is 2.45. The van der Waals surface area contributed by atoms with Gasteiger partial charge in [-0.1, -0.05) is 23.7 Å². The lowest BCUT2D eigenvalue weighted by Crippen LogP contribution is -2.29. The summed E-state index contributed by atoms with van der Waals surface area (Å²) in [6.45, 7) is 2.20. The van der Waals surface area contributed by atoms with E-state index in [-0.39, 0.29) is 12.5 Å². The molecule has 1 saturated heterocycles. The maximum Gasteiger partial charge on any atom is 0.303 e. The molecule has 4 nitrogen and oxygen atoms in total. The topological polar surface area (TPSA) is 66.6 Å². The summed E-state index contributed by atoms with van der Waals surface area (Å²) >= 11 is 6.42. The second kappa shape index (κ2) is 7.25. The summed E-state index contributed by atoms with van der Waals surface area (Å²) in [6.07, 6.45) is 2.76. The van der Waals surface area contributed by atoms with Crippen molar-refractivity contribution in [3.8, 4) is 0 Å². The SMILES string of the molecule is CN1CCC(c2ccc(C(N)CCC(=O)O)cc2Cl)CC1. The van der Waals surface area contributed by atoms with Gasteiger partial charge in [-0.25, -0.2) is 0 Å². The number of halogens is 1. The fraction of sp³-hybridized carbons (Fsp3) is 0.562. The minimum Gasteiger partial charge on any atom is -0.481 e. The first-order chi connectivity index (χ1) is 9.97. The monoisotopic (exact) mass is 310 g/mol. The van der Waals surface area contributed by atoms with Crippen LogP contribution in [0.1, 0.15) is 48.8 Å². The van der Waals surface area contributed by atoms with Gasteiger partial charge in [-0.05, 0) is 62.5 Å². The van der Waals surface area contributed by atoms with Gasteiger partial charge in [0.25, 0.3) is 0 Å². The molecule has 116 valence electrons. The molecule has 1 heterocycles. The molecule has 1 unspecified atom stereocenters. The number of benzene rings is 1. The van der Waals surface area contributed by atoms with E-state index in [1.807, 2.05) is 12.1 Å². The zero-order valence-corrected chi connectivity index (χ0v) is 13.1.